The highest BCUT2D eigenvalue weighted by molar-refractivity contribution is 5.96. The lowest BCUT2D eigenvalue weighted by Gasteiger charge is -2.23. The molecule has 140 valence electrons. The fourth-order valence-electron chi connectivity index (χ4n) is 3.48. The second kappa shape index (κ2) is 7.41. The van der Waals surface area contributed by atoms with E-state index in [1.54, 1.807) is 19.1 Å². The molecule has 2 N–H and O–H groups in total. The highest BCUT2D eigenvalue weighted by atomic mass is 35.5. The maximum Gasteiger partial charge on any atom is 0.422 e. The molecule has 2 aliphatic rings. The van der Waals surface area contributed by atoms with E-state index in [-0.39, 0.29) is 35.4 Å². The van der Waals surface area contributed by atoms with E-state index in [1.807, 2.05) is 0 Å². The zero-order chi connectivity index (χ0) is 17.4. The number of piperidine rings is 1. The maximum absolute atomic E-state index is 12.5. The average Bonchev–Trinajstić information content (AvgIpc) is 3.21. The van der Waals surface area contributed by atoms with Crippen LogP contribution in [0.3, 0.4) is 0 Å². The van der Waals surface area contributed by atoms with E-state index in [0.29, 0.717) is 11.3 Å². The molecule has 3 rings (SSSR count). The van der Waals surface area contributed by atoms with Gasteiger partial charge in [-0.25, -0.2) is 0 Å². The van der Waals surface area contributed by atoms with E-state index in [0.717, 1.165) is 32.4 Å². The standard InChI is InChI=1S/C17H21F3N2O2.ClH/c1-11-13(3-2-4-14(11)24-10-17(18,19)20)22-15(23)12-9-16(12)5-7-21-8-6-16;/h2-4,12,21H,5-10H2,1H3,(H,22,23);1H. The van der Waals surface area contributed by atoms with E-state index in [1.165, 1.54) is 6.07 Å². The zero-order valence-corrected chi connectivity index (χ0v) is 14.7. The number of amides is 1. The van der Waals surface area contributed by atoms with Crippen molar-refractivity contribution in [3.05, 3.63) is 23.8 Å². The van der Waals surface area contributed by atoms with Gasteiger partial charge in [0, 0.05) is 17.2 Å². The Morgan fingerprint density at radius 1 is 1.36 bits per heavy atom. The van der Waals surface area contributed by atoms with Gasteiger partial charge >= 0.3 is 6.18 Å². The third-order valence-corrected chi connectivity index (χ3v) is 5.04. The molecule has 1 saturated carbocycles. The predicted octanol–water partition coefficient (Wildman–Crippen LogP) is 3.69. The zero-order valence-electron chi connectivity index (χ0n) is 13.9. The Hall–Kier alpha value is -1.47. The second-order valence-corrected chi connectivity index (χ2v) is 6.69. The van der Waals surface area contributed by atoms with Gasteiger partial charge in [-0.1, -0.05) is 6.07 Å². The van der Waals surface area contributed by atoms with E-state index in [2.05, 4.69) is 10.6 Å². The molecule has 1 atom stereocenters. The van der Waals surface area contributed by atoms with E-state index < -0.39 is 12.8 Å². The Balaban J connectivity index is 0.00000225. The summed E-state index contributed by atoms with van der Waals surface area (Å²) in [5, 5.41) is 6.15. The van der Waals surface area contributed by atoms with Gasteiger partial charge in [0.05, 0.1) is 0 Å². The van der Waals surface area contributed by atoms with Crippen LogP contribution in [0, 0.1) is 18.3 Å². The van der Waals surface area contributed by atoms with E-state index in [9.17, 15) is 18.0 Å². The van der Waals surface area contributed by atoms with Gasteiger partial charge in [0.15, 0.2) is 6.61 Å². The van der Waals surface area contributed by atoms with Crippen LogP contribution in [0.5, 0.6) is 5.75 Å². The van der Waals surface area contributed by atoms with Gasteiger partial charge in [0.1, 0.15) is 5.75 Å². The van der Waals surface area contributed by atoms with Crippen LogP contribution in [0.4, 0.5) is 18.9 Å². The lowest BCUT2D eigenvalue weighted by Crippen LogP contribution is -2.31. The molecule has 1 unspecified atom stereocenters. The average molecular weight is 379 g/mol. The van der Waals surface area contributed by atoms with Crippen molar-refractivity contribution < 1.29 is 22.7 Å². The molecule has 1 aromatic rings. The summed E-state index contributed by atoms with van der Waals surface area (Å²) in [6.45, 7) is 2.17. The van der Waals surface area contributed by atoms with Crippen molar-refractivity contribution in [2.75, 3.05) is 25.0 Å². The van der Waals surface area contributed by atoms with Crippen LogP contribution in [0.2, 0.25) is 0 Å². The number of ether oxygens (including phenoxy) is 1. The Morgan fingerprint density at radius 2 is 2.04 bits per heavy atom. The van der Waals surface area contributed by atoms with Gasteiger partial charge in [-0.05, 0) is 56.8 Å². The quantitative estimate of drug-likeness (QED) is 0.840. The summed E-state index contributed by atoms with van der Waals surface area (Å²) in [6.07, 6.45) is -1.50. The third-order valence-electron chi connectivity index (χ3n) is 5.04. The number of benzene rings is 1. The minimum atomic E-state index is -4.39. The molecule has 0 radical (unpaired) electrons. The number of hydrogen-bond donors (Lipinski definition) is 2. The molecule has 1 aromatic carbocycles. The van der Waals surface area contributed by atoms with Gasteiger partial charge in [-0.15, -0.1) is 12.4 Å². The Kier molecular flexibility index (Phi) is 5.89. The molecular weight excluding hydrogens is 357 g/mol. The molecule has 1 spiro atoms. The Labute approximate surface area is 150 Å². The lowest BCUT2D eigenvalue weighted by molar-refractivity contribution is -0.153. The van der Waals surface area contributed by atoms with Crippen molar-refractivity contribution in [1.29, 1.82) is 0 Å². The molecule has 0 aromatic heterocycles. The number of halogens is 4. The third kappa shape index (κ3) is 4.58. The number of hydrogen-bond acceptors (Lipinski definition) is 3. The normalized spacial score (nSPS) is 21.4. The van der Waals surface area contributed by atoms with Crippen LogP contribution in [0.15, 0.2) is 18.2 Å². The largest absolute Gasteiger partial charge is 0.484 e. The summed E-state index contributed by atoms with van der Waals surface area (Å²) >= 11 is 0. The summed E-state index contributed by atoms with van der Waals surface area (Å²) in [6, 6.07) is 4.74. The molecule has 1 heterocycles. The topological polar surface area (TPSA) is 50.4 Å². The van der Waals surface area contributed by atoms with Gasteiger partial charge in [-0.3, -0.25) is 4.79 Å². The maximum atomic E-state index is 12.5. The molecule has 0 bridgehead atoms. The Bertz CT molecular complexity index is 631. The Morgan fingerprint density at radius 3 is 2.68 bits per heavy atom. The monoisotopic (exact) mass is 378 g/mol. The van der Waals surface area contributed by atoms with Gasteiger partial charge in [-0.2, -0.15) is 13.2 Å². The van der Waals surface area contributed by atoms with Crippen molar-refractivity contribution in [3.63, 3.8) is 0 Å². The van der Waals surface area contributed by atoms with Crippen LogP contribution in [0.25, 0.3) is 0 Å². The SMILES string of the molecule is Cc1c(NC(=O)C2CC23CCNCC3)cccc1OCC(F)(F)F.Cl. The molecule has 2 fully saturated rings. The predicted molar refractivity (Wildman–Crippen MR) is 91.3 cm³/mol. The summed E-state index contributed by atoms with van der Waals surface area (Å²) in [5.74, 6) is 0.0872. The minimum absolute atomic E-state index is 0. The second-order valence-electron chi connectivity index (χ2n) is 6.69. The fourth-order valence-corrected chi connectivity index (χ4v) is 3.48. The van der Waals surface area contributed by atoms with Crippen molar-refractivity contribution in [3.8, 4) is 5.75 Å². The molecular formula is C17H22ClF3N2O2. The molecule has 1 aliphatic carbocycles. The smallest absolute Gasteiger partial charge is 0.422 e. The summed E-state index contributed by atoms with van der Waals surface area (Å²) in [5.41, 5.74) is 1.14. The number of anilines is 1. The number of carbonyl (C=O) groups excluding carboxylic acids is 1. The van der Waals surface area contributed by atoms with Crippen LogP contribution in [-0.2, 0) is 4.79 Å². The summed E-state index contributed by atoms with van der Waals surface area (Å²) in [4.78, 5) is 12.5. The van der Waals surface area contributed by atoms with Gasteiger partial charge < -0.3 is 15.4 Å². The van der Waals surface area contributed by atoms with Crippen molar-refractivity contribution in [2.24, 2.45) is 11.3 Å². The summed E-state index contributed by atoms with van der Waals surface area (Å²) < 4.78 is 41.7. The van der Waals surface area contributed by atoms with Crippen molar-refractivity contribution in [1.82, 2.24) is 5.32 Å². The first-order valence-corrected chi connectivity index (χ1v) is 8.11. The molecule has 1 aliphatic heterocycles. The number of nitrogens with one attached hydrogen (secondary N) is 2. The first kappa shape index (κ1) is 19.8. The van der Waals surface area contributed by atoms with Crippen molar-refractivity contribution >= 4 is 24.0 Å². The summed E-state index contributed by atoms with van der Waals surface area (Å²) in [7, 11) is 0. The van der Waals surface area contributed by atoms with Crippen molar-refractivity contribution in [2.45, 2.75) is 32.4 Å². The van der Waals surface area contributed by atoms with Crippen LogP contribution in [0.1, 0.15) is 24.8 Å². The minimum Gasteiger partial charge on any atom is -0.484 e. The number of rotatable bonds is 4. The lowest BCUT2D eigenvalue weighted by atomic mass is 9.91. The highest BCUT2D eigenvalue weighted by Crippen LogP contribution is 2.58. The van der Waals surface area contributed by atoms with Crippen LogP contribution < -0.4 is 15.4 Å². The molecule has 8 heteroatoms. The van der Waals surface area contributed by atoms with Gasteiger partial charge in [0.25, 0.3) is 0 Å². The molecule has 4 nitrogen and oxygen atoms in total. The number of carbonyl (C=O) groups is 1. The van der Waals surface area contributed by atoms with Crippen LogP contribution >= 0.6 is 12.4 Å². The van der Waals surface area contributed by atoms with Gasteiger partial charge in [0.2, 0.25) is 5.91 Å². The van der Waals surface area contributed by atoms with Crippen LogP contribution in [-0.4, -0.2) is 31.8 Å². The number of alkyl halides is 3. The van der Waals surface area contributed by atoms with E-state index >= 15 is 0 Å². The first-order valence-electron chi connectivity index (χ1n) is 8.11. The fraction of sp³-hybridized carbons (Fsp3) is 0.588. The molecule has 1 amide bonds. The first-order chi connectivity index (χ1) is 11.3. The van der Waals surface area contributed by atoms with E-state index in [4.69, 9.17) is 4.74 Å². The highest BCUT2D eigenvalue weighted by Gasteiger charge is 2.57. The molecule has 1 saturated heterocycles. The molecule has 25 heavy (non-hydrogen) atoms.